The average Bonchev–Trinajstić information content (AvgIpc) is 3.79. The Bertz CT molecular complexity index is 1840. The van der Waals surface area contributed by atoms with Crippen molar-refractivity contribution in [2.45, 2.75) is 105 Å². The minimum absolute atomic E-state index is 0.0293. The summed E-state index contributed by atoms with van der Waals surface area (Å²) in [5.41, 5.74) is 3.77. The monoisotopic (exact) mass is 749 g/mol. The van der Waals surface area contributed by atoms with Crippen LogP contribution in [0, 0.1) is 46.3 Å². The Morgan fingerprint density at radius 2 is 1.73 bits per heavy atom. The molecular weight excluding hydrogens is 691 g/mol. The Balaban J connectivity index is 1.11. The lowest BCUT2D eigenvalue weighted by molar-refractivity contribution is -0.137. The second-order valence-electron chi connectivity index (χ2n) is 17.6. The highest BCUT2D eigenvalue weighted by atomic mass is 16.7. The molecule has 3 saturated carbocycles. The molecule has 7 rings (SSSR count). The van der Waals surface area contributed by atoms with E-state index < -0.39 is 5.97 Å². The Hall–Kier alpha value is -4.33. The summed E-state index contributed by atoms with van der Waals surface area (Å²) in [6.45, 7) is 12.3. The number of esters is 1. The lowest BCUT2D eigenvalue weighted by Gasteiger charge is -2.58. The molecule has 8 nitrogen and oxygen atoms in total. The fraction of sp³-hybridized carbons (Fsp3) is 0.553. The number of benzene rings is 2. The topological polar surface area (TPSA) is 92.7 Å². The summed E-state index contributed by atoms with van der Waals surface area (Å²) in [6.07, 6.45) is 19.8. The number of hydrogen-bond donors (Lipinski definition) is 0. The fourth-order valence-corrected chi connectivity index (χ4v) is 11.0. The maximum atomic E-state index is 13.2. The van der Waals surface area contributed by atoms with Crippen LogP contribution >= 0.6 is 0 Å². The van der Waals surface area contributed by atoms with Gasteiger partial charge in [-0.25, -0.2) is 9.59 Å². The van der Waals surface area contributed by atoms with E-state index in [1.165, 1.54) is 50.2 Å². The first-order chi connectivity index (χ1) is 26.5. The van der Waals surface area contributed by atoms with Crippen LogP contribution in [0.5, 0.6) is 17.2 Å². The van der Waals surface area contributed by atoms with Crippen molar-refractivity contribution >= 4 is 23.7 Å². The van der Waals surface area contributed by atoms with Gasteiger partial charge in [-0.15, -0.1) is 0 Å². The van der Waals surface area contributed by atoms with Crippen molar-refractivity contribution in [2.24, 2.45) is 51.5 Å². The number of nitrogens with zero attached hydrogens (tertiary/aromatic N) is 1. The van der Waals surface area contributed by atoms with Gasteiger partial charge in [-0.1, -0.05) is 88.9 Å². The minimum Gasteiger partial charge on any atom is -0.497 e. The number of fused-ring (bicyclic) bond motifs is 6. The van der Waals surface area contributed by atoms with E-state index >= 15 is 0 Å². The van der Waals surface area contributed by atoms with Crippen molar-refractivity contribution in [3.63, 3.8) is 0 Å². The minimum atomic E-state index is -0.511. The molecule has 1 aliphatic heterocycles. The van der Waals surface area contributed by atoms with Gasteiger partial charge in [0, 0.05) is 18.4 Å². The molecule has 8 atom stereocenters. The summed E-state index contributed by atoms with van der Waals surface area (Å²) >= 11 is 0. The molecule has 294 valence electrons. The van der Waals surface area contributed by atoms with Crippen LogP contribution in [-0.2, 0) is 14.4 Å². The fourth-order valence-electron chi connectivity index (χ4n) is 11.0. The smallest absolute Gasteiger partial charge is 0.358 e. The molecule has 1 heterocycles. The lowest BCUT2D eigenvalue weighted by atomic mass is 9.46. The molecule has 2 aromatic carbocycles. The van der Waals surface area contributed by atoms with Gasteiger partial charge in [0.25, 0.3) is 0 Å². The molecule has 4 aliphatic carbocycles. The van der Waals surface area contributed by atoms with Crippen molar-refractivity contribution < 1.29 is 33.4 Å². The first kappa shape index (κ1) is 38.9. The summed E-state index contributed by atoms with van der Waals surface area (Å²) in [5.74, 6) is 4.48. The van der Waals surface area contributed by atoms with Gasteiger partial charge in [0.15, 0.2) is 11.5 Å². The van der Waals surface area contributed by atoms with Crippen molar-refractivity contribution in [1.82, 2.24) is 0 Å². The number of methoxy groups -OCH3 is 1. The van der Waals surface area contributed by atoms with Gasteiger partial charge in [-0.3, -0.25) is 0 Å². The zero-order valence-electron chi connectivity index (χ0n) is 33.6. The largest absolute Gasteiger partial charge is 0.497 e. The predicted molar refractivity (Wildman–Crippen MR) is 215 cm³/mol. The lowest BCUT2D eigenvalue weighted by Crippen LogP contribution is -2.54. The van der Waals surface area contributed by atoms with Crippen molar-refractivity contribution in [3.05, 3.63) is 83.5 Å². The molecule has 2 aromatic rings. The van der Waals surface area contributed by atoms with E-state index in [0.717, 1.165) is 42.2 Å². The molecule has 0 saturated heterocycles. The predicted octanol–water partition coefficient (Wildman–Crippen LogP) is 10.8. The van der Waals surface area contributed by atoms with Crippen LogP contribution in [0.2, 0.25) is 0 Å². The Morgan fingerprint density at radius 1 is 0.927 bits per heavy atom. The highest BCUT2D eigenvalue weighted by Crippen LogP contribution is 2.67. The second kappa shape index (κ2) is 16.4. The Kier molecular flexibility index (Phi) is 11.6. The molecule has 0 unspecified atom stereocenters. The molecule has 0 aromatic heterocycles. The number of hydrogen-bond acceptors (Lipinski definition) is 8. The molecule has 0 bridgehead atoms. The first-order valence-electron chi connectivity index (χ1n) is 20.6. The third kappa shape index (κ3) is 8.15. The van der Waals surface area contributed by atoms with Crippen LogP contribution in [-0.4, -0.2) is 37.7 Å². The molecule has 55 heavy (non-hydrogen) atoms. The molecule has 8 heteroatoms. The number of carbonyl (C=O) groups is 2. The average molecular weight is 750 g/mol. The van der Waals surface area contributed by atoms with E-state index in [4.69, 9.17) is 28.9 Å². The SMILES string of the molecule is COc1ccc(C(=O)O[C@H]2CC[C@@]3(C)C(=C/C(=N\OC(=O)/C=C/C=C/c4ccc5c(c4)OCO5)[C@H]4[C@@H]5CC[C@H]([C@H](C)CCCC(C)C)[C@@]5(C)CC[C@@H]43)C2)cc1. The highest BCUT2D eigenvalue weighted by Gasteiger charge is 2.61. The van der Waals surface area contributed by atoms with E-state index in [9.17, 15) is 9.59 Å². The first-order valence-corrected chi connectivity index (χ1v) is 20.6. The third-order valence-corrected chi connectivity index (χ3v) is 14.0. The van der Waals surface area contributed by atoms with Gasteiger partial charge in [-0.05, 0) is 127 Å². The summed E-state index contributed by atoms with van der Waals surface area (Å²) in [7, 11) is 1.61. The summed E-state index contributed by atoms with van der Waals surface area (Å²) in [6, 6.07) is 12.8. The summed E-state index contributed by atoms with van der Waals surface area (Å²) < 4.78 is 22.3. The van der Waals surface area contributed by atoms with Gasteiger partial charge >= 0.3 is 11.9 Å². The maximum absolute atomic E-state index is 13.2. The van der Waals surface area contributed by atoms with Crippen molar-refractivity contribution in [1.29, 1.82) is 0 Å². The van der Waals surface area contributed by atoms with Crippen LogP contribution in [0.25, 0.3) is 6.08 Å². The van der Waals surface area contributed by atoms with Crippen LogP contribution in [0.1, 0.15) is 115 Å². The number of allylic oxidation sites excluding steroid dienone is 3. The van der Waals surface area contributed by atoms with Gasteiger partial charge in [0.05, 0.1) is 18.4 Å². The number of rotatable bonds is 12. The quantitative estimate of drug-likeness (QED) is 0.0701. The van der Waals surface area contributed by atoms with Gasteiger partial charge in [0.2, 0.25) is 6.79 Å². The zero-order valence-corrected chi connectivity index (χ0v) is 33.6. The molecule has 0 radical (unpaired) electrons. The van der Waals surface area contributed by atoms with E-state index in [1.54, 1.807) is 43.5 Å². The van der Waals surface area contributed by atoms with Crippen LogP contribution in [0.4, 0.5) is 0 Å². The van der Waals surface area contributed by atoms with Gasteiger partial charge < -0.3 is 23.8 Å². The second-order valence-corrected chi connectivity index (χ2v) is 17.6. The van der Waals surface area contributed by atoms with E-state index in [2.05, 4.69) is 40.7 Å². The van der Waals surface area contributed by atoms with Crippen molar-refractivity contribution in [3.8, 4) is 17.2 Å². The molecule has 0 N–H and O–H groups in total. The third-order valence-electron chi connectivity index (χ3n) is 14.0. The van der Waals surface area contributed by atoms with Crippen LogP contribution in [0.15, 0.2) is 77.5 Å². The molecular formula is C47H59NO7. The maximum Gasteiger partial charge on any atom is 0.358 e. The molecule has 0 amide bonds. The number of carbonyl (C=O) groups excluding carboxylic acids is 2. The molecule has 0 spiro atoms. The van der Waals surface area contributed by atoms with Crippen molar-refractivity contribution in [2.75, 3.05) is 13.9 Å². The van der Waals surface area contributed by atoms with Gasteiger partial charge in [-0.2, -0.15) is 0 Å². The van der Waals surface area contributed by atoms with E-state index in [0.29, 0.717) is 47.2 Å². The molecule has 5 aliphatic rings. The van der Waals surface area contributed by atoms with E-state index in [1.807, 2.05) is 24.3 Å². The normalized spacial score (nSPS) is 30.9. The number of ether oxygens (including phenoxy) is 4. The Labute approximate surface area is 327 Å². The zero-order chi connectivity index (χ0) is 38.7. The van der Waals surface area contributed by atoms with Gasteiger partial charge in [0.1, 0.15) is 11.9 Å². The molecule has 3 fully saturated rings. The Morgan fingerprint density at radius 3 is 2.51 bits per heavy atom. The summed E-state index contributed by atoms with van der Waals surface area (Å²) in [4.78, 5) is 32.0. The highest BCUT2D eigenvalue weighted by molar-refractivity contribution is 5.99. The number of oxime groups is 1. The van der Waals surface area contributed by atoms with Crippen LogP contribution < -0.4 is 14.2 Å². The summed E-state index contributed by atoms with van der Waals surface area (Å²) in [5, 5.41) is 4.71. The standard InChI is InChI=1S/C47H59NO7/c1-30(2)10-9-11-31(3)37-19-20-38-44-39(23-25-47(37,38)5)46(4)24-22-36(54-45(50)33-15-17-35(51-6)18-16-33)27-34(46)28-40(44)48-55-43(49)13-8-7-12-32-14-21-41-42(26-32)53-29-52-41/h7-8,12-18,21,26,28,30-31,36-39,44H,9-11,19-20,22-25,27,29H2,1-6H3/b12-7+,13-8+,48-40+/t31-,36+,37-,38+,39+,44+,46+,47-/m1/s1. The van der Waals surface area contributed by atoms with E-state index in [-0.39, 0.29) is 35.6 Å². The van der Waals surface area contributed by atoms with Crippen LogP contribution in [0.3, 0.4) is 0 Å².